The van der Waals surface area contributed by atoms with Crippen LogP contribution in [0.1, 0.15) is 0 Å². The van der Waals surface area contributed by atoms with Gasteiger partial charge in [0.25, 0.3) is 0 Å². The third-order valence-corrected chi connectivity index (χ3v) is 13.7. The van der Waals surface area contributed by atoms with E-state index in [9.17, 15) is 0 Å². The van der Waals surface area contributed by atoms with Crippen LogP contribution in [0.5, 0.6) is 0 Å². The van der Waals surface area contributed by atoms with E-state index in [2.05, 4.69) is 276 Å². The molecule has 2 heteroatoms. The Labute approximate surface area is 395 Å². The zero-order valence-corrected chi connectivity index (χ0v) is 37.3. The molecule has 0 saturated carbocycles. The van der Waals surface area contributed by atoms with Crippen molar-refractivity contribution in [1.29, 1.82) is 0 Å². The molecule has 0 spiro atoms. The van der Waals surface area contributed by atoms with Crippen LogP contribution in [0.15, 0.2) is 267 Å². The summed E-state index contributed by atoms with van der Waals surface area (Å²) in [7, 11) is 0. The van der Waals surface area contributed by atoms with Gasteiger partial charge < -0.3 is 9.13 Å². The van der Waals surface area contributed by atoms with E-state index in [1.807, 2.05) is 0 Å². The van der Waals surface area contributed by atoms with Gasteiger partial charge in [-0.25, -0.2) is 0 Å². The molecule has 2 heterocycles. The van der Waals surface area contributed by atoms with Crippen molar-refractivity contribution in [2.75, 3.05) is 0 Å². The Morgan fingerprint density at radius 2 is 0.588 bits per heavy atom. The smallest absolute Gasteiger partial charge is 0.0547 e. The standard InChI is InChI=1S/C66H44N2/c1-3-15-45(16-4-1)50-19-11-21-52(41-50)53-22-12-20-51(42-53)49-33-31-47(32-34-49)48-35-38-56(39-36-48)67-62-28-9-7-25-59(62)61-44-55(37-40-64(61)67)58-27-14-30-65-66(58)60-26-8-10-29-63(60)68(65)57-24-13-23-54(43-57)46-17-5-2-6-18-46/h1-44H. The normalized spacial score (nSPS) is 11.5. The monoisotopic (exact) mass is 864 g/mol. The van der Waals surface area contributed by atoms with E-state index >= 15 is 0 Å². The lowest BCUT2D eigenvalue weighted by Gasteiger charge is -2.12. The van der Waals surface area contributed by atoms with Crippen molar-refractivity contribution in [2.24, 2.45) is 0 Å². The van der Waals surface area contributed by atoms with Gasteiger partial charge in [0.2, 0.25) is 0 Å². The van der Waals surface area contributed by atoms with Crippen LogP contribution in [-0.2, 0) is 0 Å². The van der Waals surface area contributed by atoms with Crippen molar-refractivity contribution in [3.63, 3.8) is 0 Å². The van der Waals surface area contributed by atoms with E-state index in [0.717, 1.165) is 11.4 Å². The Morgan fingerprint density at radius 3 is 1.22 bits per heavy atom. The highest BCUT2D eigenvalue weighted by Crippen LogP contribution is 2.42. The summed E-state index contributed by atoms with van der Waals surface area (Å²) in [6.45, 7) is 0. The molecule has 13 aromatic rings. The van der Waals surface area contributed by atoms with Crippen LogP contribution in [0.4, 0.5) is 0 Å². The van der Waals surface area contributed by atoms with Gasteiger partial charge in [-0.2, -0.15) is 0 Å². The lowest BCUT2D eigenvalue weighted by atomic mass is 9.95. The molecule has 0 amide bonds. The van der Waals surface area contributed by atoms with Crippen molar-refractivity contribution in [3.8, 4) is 78.1 Å². The van der Waals surface area contributed by atoms with Crippen molar-refractivity contribution in [3.05, 3.63) is 267 Å². The lowest BCUT2D eigenvalue weighted by Crippen LogP contribution is -1.94. The molecule has 13 rings (SSSR count). The zero-order valence-electron chi connectivity index (χ0n) is 37.3. The molecule has 0 fully saturated rings. The molecule has 0 unspecified atom stereocenters. The number of hydrogen-bond acceptors (Lipinski definition) is 0. The minimum atomic E-state index is 1.14. The van der Waals surface area contributed by atoms with Gasteiger partial charge >= 0.3 is 0 Å². The number of aromatic nitrogens is 2. The number of rotatable bonds is 8. The van der Waals surface area contributed by atoms with E-state index in [4.69, 9.17) is 0 Å². The molecule has 68 heavy (non-hydrogen) atoms. The molecule has 0 N–H and O–H groups in total. The van der Waals surface area contributed by atoms with E-state index in [0.29, 0.717) is 0 Å². The molecule has 2 aromatic heterocycles. The molecule has 11 aromatic carbocycles. The fourth-order valence-electron chi connectivity index (χ4n) is 10.5. The summed E-state index contributed by atoms with van der Waals surface area (Å²) in [6, 6.07) is 97.3. The van der Waals surface area contributed by atoms with Crippen molar-refractivity contribution in [2.45, 2.75) is 0 Å². The van der Waals surface area contributed by atoms with Crippen LogP contribution in [0.25, 0.3) is 122 Å². The Bertz CT molecular complexity index is 3990. The van der Waals surface area contributed by atoms with Crippen LogP contribution in [0, 0.1) is 0 Å². The largest absolute Gasteiger partial charge is 0.309 e. The topological polar surface area (TPSA) is 9.86 Å². The molecular formula is C66H44N2. The van der Waals surface area contributed by atoms with Gasteiger partial charge in [0.15, 0.2) is 0 Å². The minimum Gasteiger partial charge on any atom is -0.309 e. The molecule has 318 valence electrons. The second-order valence-electron chi connectivity index (χ2n) is 17.7. The lowest BCUT2D eigenvalue weighted by molar-refractivity contribution is 1.18. The molecule has 0 aliphatic carbocycles. The third kappa shape index (κ3) is 6.82. The van der Waals surface area contributed by atoms with Gasteiger partial charge in [-0.05, 0) is 133 Å². The molecule has 0 radical (unpaired) electrons. The average molecular weight is 865 g/mol. The van der Waals surface area contributed by atoms with Crippen LogP contribution >= 0.6 is 0 Å². The van der Waals surface area contributed by atoms with Gasteiger partial charge in [-0.3, -0.25) is 0 Å². The van der Waals surface area contributed by atoms with Crippen LogP contribution < -0.4 is 0 Å². The molecule has 2 nitrogen and oxygen atoms in total. The Hall–Kier alpha value is -8.98. The molecule has 0 aliphatic rings. The molecular weight excluding hydrogens is 821 g/mol. The zero-order chi connectivity index (χ0) is 45.0. The first-order chi connectivity index (χ1) is 33.7. The summed E-state index contributed by atoms with van der Waals surface area (Å²) in [5.41, 5.74) is 21.6. The highest BCUT2D eigenvalue weighted by molar-refractivity contribution is 6.17. The van der Waals surface area contributed by atoms with Crippen LogP contribution in [-0.4, -0.2) is 9.13 Å². The highest BCUT2D eigenvalue weighted by atomic mass is 15.0. The third-order valence-electron chi connectivity index (χ3n) is 13.7. The van der Waals surface area contributed by atoms with Gasteiger partial charge in [0, 0.05) is 32.9 Å². The van der Waals surface area contributed by atoms with Gasteiger partial charge in [0.05, 0.1) is 22.1 Å². The Morgan fingerprint density at radius 1 is 0.191 bits per heavy atom. The SMILES string of the molecule is c1ccc(-c2cccc(-c3cccc(-c4ccc(-c5ccc(-n6c7ccccc7c7cc(-c8cccc9c8c8ccccc8n9-c8cccc(-c9ccccc9)c8)ccc76)cc5)cc4)c3)c2)cc1. The first-order valence-corrected chi connectivity index (χ1v) is 23.4. The maximum Gasteiger partial charge on any atom is 0.0547 e. The predicted molar refractivity (Wildman–Crippen MR) is 288 cm³/mol. The molecule has 0 aliphatic heterocycles. The van der Waals surface area contributed by atoms with Crippen molar-refractivity contribution >= 4 is 43.6 Å². The Balaban J connectivity index is 0.829. The second-order valence-corrected chi connectivity index (χ2v) is 17.7. The Kier molecular flexibility index (Phi) is 9.54. The average Bonchev–Trinajstić information content (AvgIpc) is 3.94. The highest BCUT2D eigenvalue weighted by Gasteiger charge is 2.19. The van der Waals surface area contributed by atoms with E-state index < -0.39 is 0 Å². The molecule has 0 bridgehead atoms. The van der Waals surface area contributed by atoms with Crippen molar-refractivity contribution in [1.82, 2.24) is 9.13 Å². The minimum absolute atomic E-state index is 1.14. The van der Waals surface area contributed by atoms with Gasteiger partial charge in [-0.1, -0.05) is 200 Å². The summed E-state index contributed by atoms with van der Waals surface area (Å²) in [4.78, 5) is 0. The summed E-state index contributed by atoms with van der Waals surface area (Å²) < 4.78 is 4.84. The van der Waals surface area contributed by atoms with Crippen LogP contribution in [0.2, 0.25) is 0 Å². The first-order valence-electron chi connectivity index (χ1n) is 23.4. The number of hydrogen-bond donors (Lipinski definition) is 0. The quantitative estimate of drug-likeness (QED) is 0.144. The van der Waals surface area contributed by atoms with E-state index in [-0.39, 0.29) is 0 Å². The summed E-state index contributed by atoms with van der Waals surface area (Å²) in [5, 5.41) is 4.99. The van der Waals surface area contributed by atoms with Crippen molar-refractivity contribution < 1.29 is 0 Å². The van der Waals surface area contributed by atoms with Gasteiger partial charge in [-0.15, -0.1) is 0 Å². The summed E-state index contributed by atoms with van der Waals surface area (Å²) in [5.74, 6) is 0. The fraction of sp³-hybridized carbons (Fsp3) is 0. The number of fused-ring (bicyclic) bond motifs is 6. The predicted octanol–water partition coefficient (Wildman–Crippen LogP) is 17.9. The maximum absolute atomic E-state index is 2.43. The number of para-hydroxylation sites is 2. The fourth-order valence-corrected chi connectivity index (χ4v) is 10.5. The number of nitrogens with zero attached hydrogens (tertiary/aromatic N) is 2. The summed E-state index contributed by atoms with van der Waals surface area (Å²) >= 11 is 0. The maximum atomic E-state index is 2.43. The molecule has 0 saturated heterocycles. The first kappa shape index (κ1) is 39.4. The van der Waals surface area contributed by atoms with Crippen LogP contribution in [0.3, 0.4) is 0 Å². The van der Waals surface area contributed by atoms with Gasteiger partial charge in [0.1, 0.15) is 0 Å². The summed E-state index contributed by atoms with van der Waals surface area (Å²) in [6.07, 6.45) is 0. The second kappa shape index (κ2) is 16.5. The van der Waals surface area contributed by atoms with E-state index in [1.165, 1.54) is 110 Å². The number of benzene rings is 11. The van der Waals surface area contributed by atoms with E-state index in [1.54, 1.807) is 0 Å². The molecule has 0 atom stereocenters.